The lowest BCUT2D eigenvalue weighted by molar-refractivity contribution is -0.384. The van der Waals surface area contributed by atoms with E-state index in [1.807, 2.05) is 0 Å². The maximum Gasteiger partial charge on any atom is 0.269 e. The molecule has 0 aliphatic carbocycles. The predicted molar refractivity (Wildman–Crippen MR) is 73.9 cm³/mol. The van der Waals surface area contributed by atoms with Crippen LogP contribution >= 0.6 is 0 Å². The van der Waals surface area contributed by atoms with Gasteiger partial charge in [-0.3, -0.25) is 14.9 Å². The number of nitro benzene ring substituents is 1. The van der Waals surface area contributed by atoms with Gasteiger partial charge in [-0.05, 0) is 30.7 Å². The molecule has 0 spiro atoms. The number of amides is 1. The fraction of sp³-hybridized carbons (Fsp3) is 0.0714. The number of aryl methyl sites for hydroxylation is 1. The number of nitrogens with zero attached hydrogens (tertiary/aromatic N) is 1. The number of hydrogen-bond donors (Lipinski definition) is 2. The van der Waals surface area contributed by atoms with Gasteiger partial charge in [-0.15, -0.1) is 0 Å². The first-order valence-corrected chi connectivity index (χ1v) is 5.83. The first-order valence-electron chi connectivity index (χ1n) is 5.83. The van der Waals surface area contributed by atoms with E-state index in [0.717, 1.165) is 0 Å². The van der Waals surface area contributed by atoms with Gasteiger partial charge in [-0.2, -0.15) is 0 Å². The van der Waals surface area contributed by atoms with Gasteiger partial charge in [0.05, 0.1) is 10.6 Å². The van der Waals surface area contributed by atoms with Gasteiger partial charge in [-0.1, -0.05) is 12.1 Å². The summed E-state index contributed by atoms with van der Waals surface area (Å²) in [5, 5.41) is 22.8. The molecule has 0 heterocycles. The predicted octanol–water partition coefficient (Wildman–Crippen LogP) is 2.86. The second-order valence-electron chi connectivity index (χ2n) is 4.23. The molecule has 0 radical (unpaired) electrons. The van der Waals surface area contributed by atoms with Gasteiger partial charge in [0.2, 0.25) is 0 Å². The molecule has 0 unspecified atom stereocenters. The van der Waals surface area contributed by atoms with Gasteiger partial charge in [0, 0.05) is 17.7 Å². The van der Waals surface area contributed by atoms with Crippen LogP contribution in [0.2, 0.25) is 0 Å². The number of non-ortho nitro benzene ring substituents is 1. The summed E-state index contributed by atoms with van der Waals surface area (Å²) in [6.07, 6.45) is 0. The lowest BCUT2D eigenvalue weighted by Gasteiger charge is -2.08. The van der Waals surface area contributed by atoms with E-state index in [0.29, 0.717) is 11.1 Å². The highest BCUT2D eigenvalue weighted by Gasteiger charge is 2.14. The Morgan fingerprint density at radius 1 is 1.25 bits per heavy atom. The molecule has 6 heteroatoms. The smallest absolute Gasteiger partial charge is 0.269 e. The molecule has 0 saturated carbocycles. The number of phenols is 1. The van der Waals surface area contributed by atoms with E-state index in [1.54, 1.807) is 25.1 Å². The Labute approximate surface area is 114 Å². The Bertz CT molecular complexity index is 683. The van der Waals surface area contributed by atoms with Crippen molar-refractivity contribution in [1.82, 2.24) is 0 Å². The van der Waals surface area contributed by atoms with Crippen LogP contribution in [0.15, 0.2) is 42.5 Å². The van der Waals surface area contributed by atoms with Crippen LogP contribution in [-0.4, -0.2) is 15.9 Å². The van der Waals surface area contributed by atoms with Crippen LogP contribution in [0.4, 0.5) is 11.4 Å². The van der Waals surface area contributed by atoms with Gasteiger partial charge < -0.3 is 10.4 Å². The normalized spacial score (nSPS) is 10.1. The maximum absolute atomic E-state index is 12.1. The number of carbonyl (C=O) groups is 1. The number of anilines is 1. The zero-order chi connectivity index (χ0) is 14.7. The second kappa shape index (κ2) is 5.40. The highest BCUT2D eigenvalue weighted by atomic mass is 16.6. The molecule has 0 aromatic heterocycles. The lowest BCUT2D eigenvalue weighted by atomic mass is 10.1. The lowest BCUT2D eigenvalue weighted by Crippen LogP contribution is -2.13. The molecule has 0 atom stereocenters. The number of nitrogens with one attached hydrogen (secondary N) is 1. The number of aromatic hydroxyl groups is 1. The summed E-state index contributed by atoms with van der Waals surface area (Å²) in [4.78, 5) is 22.2. The Morgan fingerprint density at radius 3 is 2.55 bits per heavy atom. The molecule has 0 aliphatic heterocycles. The Hall–Kier alpha value is -2.89. The number of carbonyl (C=O) groups excluding carboxylic acids is 1. The van der Waals surface area contributed by atoms with Crippen LogP contribution in [0, 0.1) is 17.0 Å². The number of phenolic OH excluding ortho intramolecular Hbond substituents is 1. The standard InChI is InChI=1S/C14H12N2O4/c1-9-8-10(16(19)20)6-7-11(9)14(18)15-12-4-2-3-5-13(12)17/h2-8,17H,1H3,(H,15,18). The monoisotopic (exact) mass is 272 g/mol. The molecule has 2 rings (SSSR count). The molecule has 102 valence electrons. The van der Waals surface area contributed by atoms with Crippen molar-refractivity contribution in [2.24, 2.45) is 0 Å². The Balaban J connectivity index is 2.26. The van der Waals surface area contributed by atoms with E-state index in [2.05, 4.69) is 5.32 Å². The summed E-state index contributed by atoms with van der Waals surface area (Å²) in [5.41, 5.74) is 1.03. The van der Waals surface area contributed by atoms with Crippen LogP contribution in [0.5, 0.6) is 5.75 Å². The van der Waals surface area contributed by atoms with E-state index in [-0.39, 0.29) is 17.1 Å². The first-order chi connectivity index (χ1) is 9.49. The van der Waals surface area contributed by atoms with Crippen LogP contribution < -0.4 is 5.32 Å². The SMILES string of the molecule is Cc1cc([N+](=O)[O-])ccc1C(=O)Nc1ccccc1O. The zero-order valence-corrected chi connectivity index (χ0v) is 10.7. The summed E-state index contributed by atoms with van der Waals surface area (Å²) < 4.78 is 0. The summed E-state index contributed by atoms with van der Waals surface area (Å²) in [6.45, 7) is 1.62. The molecule has 1 amide bonds. The topological polar surface area (TPSA) is 92.5 Å². The third-order valence-corrected chi connectivity index (χ3v) is 2.82. The number of rotatable bonds is 3. The number of hydrogen-bond acceptors (Lipinski definition) is 4. The molecule has 2 N–H and O–H groups in total. The molecule has 20 heavy (non-hydrogen) atoms. The summed E-state index contributed by atoms with van der Waals surface area (Å²) in [6, 6.07) is 10.3. The van der Waals surface area contributed by atoms with Gasteiger partial charge in [-0.25, -0.2) is 0 Å². The van der Waals surface area contributed by atoms with E-state index >= 15 is 0 Å². The third-order valence-electron chi connectivity index (χ3n) is 2.82. The summed E-state index contributed by atoms with van der Waals surface area (Å²) in [5.74, 6) is -0.473. The molecule has 0 bridgehead atoms. The summed E-state index contributed by atoms with van der Waals surface area (Å²) in [7, 11) is 0. The largest absolute Gasteiger partial charge is 0.506 e. The average molecular weight is 272 g/mol. The summed E-state index contributed by atoms with van der Waals surface area (Å²) >= 11 is 0. The van der Waals surface area contributed by atoms with Crippen molar-refractivity contribution in [3.63, 3.8) is 0 Å². The maximum atomic E-state index is 12.1. The average Bonchev–Trinajstić information content (AvgIpc) is 2.41. The third kappa shape index (κ3) is 2.74. The minimum atomic E-state index is -0.516. The molecule has 2 aromatic rings. The molecule has 6 nitrogen and oxygen atoms in total. The number of nitro groups is 1. The van der Waals surface area contributed by atoms with Crippen molar-refractivity contribution in [3.05, 3.63) is 63.7 Å². The molecule has 0 fully saturated rings. The number of para-hydroxylation sites is 2. The Morgan fingerprint density at radius 2 is 1.95 bits per heavy atom. The second-order valence-corrected chi connectivity index (χ2v) is 4.23. The molecule has 0 aliphatic rings. The van der Waals surface area contributed by atoms with Crippen LogP contribution in [0.25, 0.3) is 0 Å². The first kappa shape index (κ1) is 13.5. The molecule has 0 saturated heterocycles. The van der Waals surface area contributed by atoms with E-state index < -0.39 is 10.8 Å². The van der Waals surface area contributed by atoms with E-state index in [9.17, 15) is 20.0 Å². The van der Waals surface area contributed by atoms with Gasteiger partial charge >= 0.3 is 0 Å². The van der Waals surface area contributed by atoms with Crippen LogP contribution in [0.1, 0.15) is 15.9 Å². The zero-order valence-electron chi connectivity index (χ0n) is 10.7. The highest BCUT2D eigenvalue weighted by Crippen LogP contribution is 2.23. The number of benzene rings is 2. The minimum Gasteiger partial charge on any atom is -0.506 e. The fourth-order valence-corrected chi connectivity index (χ4v) is 1.79. The van der Waals surface area contributed by atoms with Gasteiger partial charge in [0.15, 0.2) is 0 Å². The fourth-order valence-electron chi connectivity index (χ4n) is 1.79. The van der Waals surface area contributed by atoms with Gasteiger partial charge in [0.25, 0.3) is 11.6 Å². The van der Waals surface area contributed by atoms with Crippen LogP contribution in [-0.2, 0) is 0 Å². The molecular weight excluding hydrogens is 260 g/mol. The quantitative estimate of drug-likeness (QED) is 0.510. The molecule has 2 aromatic carbocycles. The van der Waals surface area contributed by atoms with Crippen molar-refractivity contribution in [1.29, 1.82) is 0 Å². The van der Waals surface area contributed by atoms with E-state index in [1.165, 1.54) is 24.3 Å². The van der Waals surface area contributed by atoms with Crippen molar-refractivity contribution in [2.75, 3.05) is 5.32 Å². The Kier molecular flexibility index (Phi) is 3.65. The van der Waals surface area contributed by atoms with Crippen molar-refractivity contribution in [3.8, 4) is 5.75 Å². The van der Waals surface area contributed by atoms with Crippen LogP contribution in [0.3, 0.4) is 0 Å². The van der Waals surface area contributed by atoms with Crippen molar-refractivity contribution in [2.45, 2.75) is 6.92 Å². The van der Waals surface area contributed by atoms with Gasteiger partial charge in [0.1, 0.15) is 5.75 Å². The van der Waals surface area contributed by atoms with Crippen molar-refractivity contribution >= 4 is 17.3 Å². The molecular formula is C14H12N2O4. The highest BCUT2D eigenvalue weighted by molar-refractivity contribution is 6.06. The van der Waals surface area contributed by atoms with E-state index in [4.69, 9.17) is 0 Å². The minimum absolute atomic E-state index is 0.0413. The van der Waals surface area contributed by atoms with Crippen molar-refractivity contribution < 1.29 is 14.8 Å².